The van der Waals surface area contributed by atoms with Gasteiger partial charge in [0.1, 0.15) is 0 Å². The molecule has 0 saturated carbocycles. The van der Waals surface area contributed by atoms with Crippen LogP contribution in [0.4, 0.5) is 9.59 Å². The molecule has 204 valence electrons. The molecular formula is C25H44N6O5. The molecular weight excluding hydrogens is 464 g/mol. The number of nitrogens with zero attached hydrogens (tertiary/aromatic N) is 4. The lowest BCUT2D eigenvalue weighted by atomic mass is 10.2. The highest BCUT2D eigenvalue weighted by Crippen LogP contribution is 2.02. The van der Waals surface area contributed by atoms with Gasteiger partial charge in [-0.15, -0.1) is 0 Å². The van der Waals surface area contributed by atoms with Gasteiger partial charge in [0.25, 0.3) is 0 Å². The number of nitrogens with one attached hydrogen (secondary N) is 2. The lowest BCUT2D eigenvalue weighted by Gasteiger charge is -2.17. The zero-order valence-corrected chi connectivity index (χ0v) is 22.1. The summed E-state index contributed by atoms with van der Waals surface area (Å²) >= 11 is 0. The van der Waals surface area contributed by atoms with Crippen LogP contribution in [0.5, 0.6) is 0 Å². The minimum absolute atomic E-state index is 0.431. The van der Waals surface area contributed by atoms with E-state index in [1.54, 1.807) is 0 Å². The van der Waals surface area contributed by atoms with Gasteiger partial charge in [0.2, 0.25) is 18.2 Å². The van der Waals surface area contributed by atoms with Crippen molar-refractivity contribution in [3.8, 4) is 0 Å². The van der Waals surface area contributed by atoms with Gasteiger partial charge < -0.3 is 10.6 Å². The third-order valence-electron chi connectivity index (χ3n) is 5.12. The first kappa shape index (κ1) is 35.0. The average molecular weight is 509 g/mol. The Kier molecular flexibility index (Phi) is 29.1. The molecule has 11 heteroatoms. The number of isocyanates is 3. The van der Waals surface area contributed by atoms with E-state index in [4.69, 9.17) is 0 Å². The van der Waals surface area contributed by atoms with Crippen LogP contribution in [0.25, 0.3) is 0 Å². The maximum Gasteiger partial charge on any atom is 0.325 e. The van der Waals surface area contributed by atoms with E-state index in [1.807, 2.05) is 0 Å². The number of carbonyl (C=O) groups excluding carboxylic acids is 5. The molecule has 0 heterocycles. The van der Waals surface area contributed by atoms with Crippen LogP contribution in [0.3, 0.4) is 0 Å². The Hall–Kier alpha value is -3.12. The zero-order chi connectivity index (χ0) is 27.1. The van der Waals surface area contributed by atoms with E-state index < -0.39 is 12.1 Å². The molecule has 0 atom stereocenters. The molecule has 4 amide bonds. The van der Waals surface area contributed by atoms with Crippen molar-refractivity contribution in [2.45, 2.75) is 90.4 Å². The van der Waals surface area contributed by atoms with Gasteiger partial charge in [-0.05, 0) is 32.1 Å². The molecule has 0 unspecified atom stereocenters. The molecule has 0 rings (SSSR count). The Bertz CT molecular complexity index is 655. The van der Waals surface area contributed by atoms with Crippen LogP contribution >= 0.6 is 0 Å². The molecule has 0 fully saturated rings. The van der Waals surface area contributed by atoms with Gasteiger partial charge in [0.05, 0.1) is 19.6 Å². The molecule has 0 bridgehead atoms. The normalized spacial score (nSPS) is 9.39. The highest BCUT2D eigenvalue weighted by molar-refractivity contribution is 5.93. The van der Waals surface area contributed by atoms with Crippen LogP contribution in [0.15, 0.2) is 15.0 Å². The van der Waals surface area contributed by atoms with Crippen molar-refractivity contribution in [3.63, 3.8) is 0 Å². The third kappa shape index (κ3) is 27.1. The number of hydrogen-bond acceptors (Lipinski definition) is 8. The molecule has 11 nitrogen and oxygen atoms in total. The van der Waals surface area contributed by atoms with Crippen LogP contribution in [0.1, 0.15) is 90.4 Å². The number of amides is 4. The van der Waals surface area contributed by atoms with E-state index in [0.29, 0.717) is 32.7 Å². The van der Waals surface area contributed by atoms with Crippen LogP contribution in [0.2, 0.25) is 0 Å². The third-order valence-corrected chi connectivity index (χ3v) is 5.12. The summed E-state index contributed by atoms with van der Waals surface area (Å²) in [6.45, 7) is 4.82. The standard InChI is InChI=1S/C17H29N5O4.C8H15NO/c1-22(16(25)20-12-8-4-2-6-10-18-14-23)17(26)21-13-9-5-3-7-11-19-15-24;1-2-3-4-5-6-7-9-8-10/h2-13H2,1H3,(H,20,25)(H,21,26);2-7H2,1H3. The summed E-state index contributed by atoms with van der Waals surface area (Å²) in [4.78, 5) is 64.5. The molecule has 0 spiro atoms. The molecule has 0 aliphatic carbocycles. The molecule has 0 aromatic rings. The van der Waals surface area contributed by atoms with Gasteiger partial charge in [0, 0.05) is 20.1 Å². The number of imide groups is 1. The maximum atomic E-state index is 11.8. The van der Waals surface area contributed by atoms with E-state index in [9.17, 15) is 24.0 Å². The second kappa shape index (κ2) is 29.9. The minimum Gasteiger partial charge on any atom is -0.338 e. The Morgan fingerprint density at radius 2 is 0.917 bits per heavy atom. The molecule has 36 heavy (non-hydrogen) atoms. The van der Waals surface area contributed by atoms with Gasteiger partial charge in [0.15, 0.2) is 0 Å². The summed E-state index contributed by atoms with van der Waals surface area (Å²) in [6, 6.07) is -0.862. The summed E-state index contributed by atoms with van der Waals surface area (Å²) in [7, 11) is 1.43. The van der Waals surface area contributed by atoms with E-state index in [1.165, 1.54) is 51.0 Å². The Labute approximate surface area is 215 Å². The predicted octanol–water partition coefficient (Wildman–Crippen LogP) is 4.42. The van der Waals surface area contributed by atoms with Crippen molar-refractivity contribution in [2.24, 2.45) is 15.0 Å². The summed E-state index contributed by atoms with van der Waals surface area (Å²) in [5.41, 5.74) is 0. The van der Waals surface area contributed by atoms with Gasteiger partial charge in [-0.2, -0.15) is 0 Å². The molecule has 2 N–H and O–H groups in total. The van der Waals surface area contributed by atoms with Crippen molar-refractivity contribution in [1.82, 2.24) is 15.5 Å². The highest BCUT2D eigenvalue weighted by atomic mass is 16.2. The molecule has 0 aliphatic heterocycles. The second-order valence-corrected chi connectivity index (χ2v) is 8.18. The van der Waals surface area contributed by atoms with Gasteiger partial charge in [-0.25, -0.2) is 43.8 Å². The van der Waals surface area contributed by atoms with E-state index in [2.05, 4.69) is 32.5 Å². The molecule has 0 aromatic heterocycles. The van der Waals surface area contributed by atoms with Crippen molar-refractivity contribution in [2.75, 3.05) is 39.8 Å². The Morgan fingerprint density at radius 1 is 0.583 bits per heavy atom. The molecule has 0 aromatic carbocycles. The molecule has 0 radical (unpaired) electrons. The Balaban J connectivity index is 0. The van der Waals surface area contributed by atoms with Crippen molar-refractivity contribution >= 4 is 30.3 Å². The van der Waals surface area contributed by atoms with E-state index in [0.717, 1.165) is 62.7 Å². The fourth-order valence-corrected chi connectivity index (χ4v) is 2.99. The zero-order valence-electron chi connectivity index (χ0n) is 22.1. The SMILES string of the molecule is CCCCCCCN=C=O.CN(C(=O)NCCCCCCN=C=O)C(=O)NCCCCCCN=C=O. The van der Waals surface area contributed by atoms with Crippen LogP contribution in [0, 0.1) is 0 Å². The first-order valence-corrected chi connectivity index (χ1v) is 12.9. The molecule has 0 aliphatic rings. The first-order valence-electron chi connectivity index (χ1n) is 12.9. The van der Waals surface area contributed by atoms with Gasteiger partial charge in [-0.3, -0.25) is 0 Å². The summed E-state index contributed by atoms with van der Waals surface area (Å²) in [5, 5.41) is 5.39. The largest absolute Gasteiger partial charge is 0.338 e. The van der Waals surface area contributed by atoms with E-state index >= 15 is 0 Å². The number of rotatable bonds is 20. The van der Waals surface area contributed by atoms with Gasteiger partial charge in [-0.1, -0.05) is 58.3 Å². The first-order chi connectivity index (χ1) is 17.5. The van der Waals surface area contributed by atoms with Crippen molar-refractivity contribution in [3.05, 3.63) is 0 Å². The quantitative estimate of drug-likeness (QED) is 0.142. The molecule has 0 saturated heterocycles. The topological polar surface area (TPSA) is 150 Å². The number of carbonyl (C=O) groups is 2. The second-order valence-electron chi connectivity index (χ2n) is 8.18. The van der Waals surface area contributed by atoms with E-state index in [-0.39, 0.29) is 0 Å². The van der Waals surface area contributed by atoms with Crippen molar-refractivity contribution < 1.29 is 24.0 Å². The summed E-state index contributed by atoms with van der Waals surface area (Å²) < 4.78 is 0. The Morgan fingerprint density at radius 3 is 1.25 bits per heavy atom. The monoisotopic (exact) mass is 508 g/mol. The average Bonchev–Trinajstić information content (AvgIpc) is 2.89. The number of aliphatic imine (C=N–C) groups is 3. The lowest BCUT2D eigenvalue weighted by Crippen LogP contribution is -2.46. The van der Waals surface area contributed by atoms with Gasteiger partial charge >= 0.3 is 12.1 Å². The lowest BCUT2D eigenvalue weighted by molar-refractivity contribution is 0.194. The minimum atomic E-state index is -0.431. The summed E-state index contributed by atoms with van der Waals surface area (Å²) in [5.74, 6) is 0. The van der Waals surface area contributed by atoms with Crippen LogP contribution < -0.4 is 10.6 Å². The fraction of sp³-hybridized carbons (Fsp3) is 0.800. The van der Waals surface area contributed by atoms with Crippen LogP contribution in [-0.2, 0) is 14.4 Å². The predicted molar refractivity (Wildman–Crippen MR) is 139 cm³/mol. The van der Waals surface area contributed by atoms with Crippen molar-refractivity contribution in [1.29, 1.82) is 0 Å². The number of urea groups is 2. The number of hydrogen-bond donors (Lipinski definition) is 2. The number of unbranched alkanes of at least 4 members (excludes halogenated alkanes) is 10. The highest BCUT2D eigenvalue weighted by Gasteiger charge is 2.15. The maximum absolute atomic E-state index is 11.8. The smallest absolute Gasteiger partial charge is 0.325 e. The summed E-state index contributed by atoms with van der Waals surface area (Å²) in [6.07, 6.45) is 17.6. The fourth-order valence-electron chi connectivity index (χ4n) is 2.99. The van der Waals surface area contributed by atoms with Crippen LogP contribution in [-0.4, -0.2) is 75.0 Å².